The zero-order chi connectivity index (χ0) is 18.7. The Balaban J connectivity index is 1.76. The van der Waals surface area contributed by atoms with Crippen molar-refractivity contribution in [2.45, 2.75) is 32.0 Å². The molecule has 1 unspecified atom stereocenters. The van der Waals surface area contributed by atoms with Crippen LogP contribution in [0.15, 0.2) is 28.8 Å². The highest BCUT2D eigenvalue weighted by atomic mass is 19.3. The standard InChI is InChI=1S/C17H20F2N4O3/c1-22(2)16(24)12-7-5-9-23(12)10-14-20-15(21-26-14)11-6-3-4-8-13(11)25-17(18)19/h3-4,6,8,12,17H,5,7,9-10H2,1-2H3. The second-order valence-electron chi connectivity index (χ2n) is 6.25. The van der Waals surface area contributed by atoms with E-state index in [1.165, 1.54) is 6.07 Å². The van der Waals surface area contributed by atoms with E-state index in [1.807, 2.05) is 4.90 Å². The molecule has 1 amide bonds. The molecule has 0 aliphatic carbocycles. The lowest BCUT2D eigenvalue weighted by atomic mass is 10.2. The van der Waals surface area contributed by atoms with Crippen LogP contribution in [0.3, 0.4) is 0 Å². The molecule has 0 bridgehead atoms. The Morgan fingerprint density at radius 2 is 2.19 bits per heavy atom. The van der Waals surface area contributed by atoms with Crippen molar-refractivity contribution in [3.63, 3.8) is 0 Å². The minimum atomic E-state index is -2.94. The lowest BCUT2D eigenvalue weighted by Gasteiger charge is -2.24. The molecule has 0 saturated carbocycles. The van der Waals surface area contributed by atoms with Crippen molar-refractivity contribution in [1.29, 1.82) is 0 Å². The molecule has 9 heteroatoms. The highest BCUT2D eigenvalue weighted by Gasteiger charge is 2.32. The van der Waals surface area contributed by atoms with Gasteiger partial charge >= 0.3 is 6.61 Å². The second-order valence-corrected chi connectivity index (χ2v) is 6.25. The molecule has 1 aromatic carbocycles. The summed E-state index contributed by atoms with van der Waals surface area (Å²) >= 11 is 0. The average Bonchev–Trinajstić information content (AvgIpc) is 3.24. The van der Waals surface area contributed by atoms with Gasteiger partial charge in [-0.15, -0.1) is 0 Å². The molecule has 3 rings (SSSR count). The average molecular weight is 366 g/mol. The molecular weight excluding hydrogens is 346 g/mol. The number of likely N-dealkylation sites (tertiary alicyclic amines) is 1. The van der Waals surface area contributed by atoms with Crippen LogP contribution in [0.1, 0.15) is 18.7 Å². The Hall–Kier alpha value is -2.55. The quantitative estimate of drug-likeness (QED) is 0.782. The number of hydrogen-bond donors (Lipinski definition) is 0. The Kier molecular flexibility index (Phi) is 5.46. The maximum atomic E-state index is 12.5. The van der Waals surface area contributed by atoms with E-state index in [2.05, 4.69) is 14.9 Å². The largest absolute Gasteiger partial charge is 0.434 e. The van der Waals surface area contributed by atoms with Crippen molar-refractivity contribution >= 4 is 5.91 Å². The summed E-state index contributed by atoms with van der Waals surface area (Å²) in [5.41, 5.74) is 0.324. The summed E-state index contributed by atoms with van der Waals surface area (Å²) in [6.45, 7) is -1.85. The summed E-state index contributed by atoms with van der Waals surface area (Å²) in [5, 5.41) is 3.87. The van der Waals surface area contributed by atoms with Gasteiger partial charge in [-0.3, -0.25) is 9.69 Å². The minimum absolute atomic E-state index is 0.0170. The third-order valence-corrected chi connectivity index (χ3v) is 4.24. The Bertz CT molecular complexity index is 766. The monoisotopic (exact) mass is 366 g/mol. The molecule has 0 radical (unpaired) electrons. The van der Waals surface area contributed by atoms with Crippen LogP contribution in [0.5, 0.6) is 5.75 Å². The molecule has 0 N–H and O–H groups in total. The first kappa shape index (κ1) is 18.2. The van der Waals surface area contributed by atoms with E-state index in [1.54, 1.807) is 37.2 Å². The summed E-state index contributed by atoms with van der Waals surface area (Å²) in [6, 6.07) is 6.05. The van der Waals surface area contributed by atoms with Crippen LogP contribution in [-0.4, -0.2) is 59.1 Å². The SMILES string of the molecule is CN(C)C(=O)C1CCCN1Cc1nc(-c2ccccc2OC(F)F)no1. The van der Waals surface area contributed by atoms with Crippen molar-refractivity contribution < 1.29 is 22.8 Å². The number of hydrogen-bond acceptors (Lipinski definition) is 6. The molecule has 7 nitrogen and oxygen atoms in total. The van der Waals surface area contributed by atoms with Crippen LogP contribution in [0.2, 0.25) is 0 Å². The van der Waals surface area contributed by atoms with Gasteiger partial charge in [-0.2, -0.15) is 13.8 Å². The Labute approximate surface area is 149 Å². The summed E-state index contributed by atoms with van der Waals surface area (Å²) in [4.78, 5) is 20.1. The fourth-order valence-electron chi connectivity index (χ4n) is 3.05. The molecule has 2 aromatic rings. The van der Waals surface area contributed by atoms with Gasteiger partial charge in [0.25, 0.3) is 0 Å². The normalized spacial score (nSPS) is 17.7. The Morgan fingerprint density at radius 1 is 1.42 bits per heavy atom. The Morgan fingerprint density at radius 3 is 2.92 bits per heavy atom. The molecule has 1 atom stereocenters. The lowest BCUT2D eigenvalue weighted by molar-refractivity contribution is -0.133. The van der Waals surface area contributed by atoms with Gasteiger partial charge in [-0.1, -0.05) is 17.3 Å². The number of rotatable bonds is 6. The number of benzene rings is 1. The molecule has 1 aliphatic heterocycles. The third-order valence-electron chi connectivity index (χ3n) is 4.24. The van der Waals surface area contributed by atoms with E-state index in [0.29, 0.717) is 18.0 Å². The molecule has 1 aromatic heterocycles. The number of likely N-dealkylation sites (N-methyl/N-ethyl adjacent to an activating group) is 1. The van der Waals surface area contributed by atoms with Gasteiger partial charge in [0.2, 0.25) is 17.6 Å². The van der Waals surface area contributed by atoms with Gasteiger partial charge in [0, 0.05) is 14.1 Å². The van der Waals surface area contributed by atoms with Gasteiger partial charge < -0.3 is 14.2 Å². The van der Waals surface area contributed by atoms with Crippen molar-refractivity contribution in [3.05, 3.63) is 30.2 Å². The van der Waals surface area contributed by atoms with Gasteiger partial charge in [-0.05, 0) is 31.5 Å². The maximum Gasteiger partial charge on any atom is 0.387 e. The number of halogens is 2. The second kappa shape index (κ2) is 7.77. The van der Waals surface area contributed by atoms with Crippen LogP contribution in [0.25, 0.3) is 11.4 Å². The van der Waals surface area contributed by atoms with E-state index < -0.39 is 6.61 Å². The molecule has 1 aliphatic rings. The van der Waals surface area contributed by atoms with E-state index in [0.717, 1.165) is 19.4 Å². The van der Waals surface area contributed by atoms with Gasteiger partial charge in [0.05, 0.1) is 18.2 Å². The first-order valence-electron chi connectivity index (χ1n) is 8.27. The summed E-state index contributed by atoms with van der Waals surface area (Å²) in [7, 11) is 3.45. The van der Waals surface area contributed by atoms with Crippen LogP contribution in [0, 0.1) is 0 Å². The fourth-order valence-corrected chi connectivity index (χ4v) is 3.05. The number of amides is 1. The maximum absolute atomic E-state index is 12.5. The van der Waals surface area contributed by atoms with Gasteiger partial charge in [-0.25, -0.2) is 0 Å². The molecule has 140 valence electrons. The minimum Gasteiger partial charge on any atom is -0.434 e. The van der Waals surface area contributed by atoms with E-state index >= 15 is 0 Å². The zero-order valence-corrected chi connectivity index (χ0v) is 14.6. The number of aromatic nitrogens is 2. The molecular formula is C17H20F2N4O3. The smallest absolute Gasteiger partial charge is 0.387 e. The summed E-state index contributed by atoms with van der Waals surface area (Å²) in [5.74, 6) is 0.519. The number of para-hydroxylation sites is 1. The van der Waals surface area contributed by atoms with Crippen LogP contribution in [-0.2, 0) is 11.3 Å². The fraction of sp³-hybridized carbons (Fsp3) is 0.471. The lowest BCUT2D eigenvalue weighted by Crippen LogP contribution is -2.42. The van der Waals surface area contributed by atoms with E-state index in [4.69, 9.17) is 4.52 Å². The zero-order valence-electron chi connectivity index (χ0n) is 14.6. The van der Waals surface area contributed by atoms with Crippen molar-refractivity contribution in [3.8, 4) is 17.1 Å². The van der Waals surface area contributed by atoms with Crippen molar-refractivity contribution in [2.75, 3.05) is 20.6 Å². The number of nitrogens with zero attached hydrogens (tertiary/aromatic N) is 4. The van der Waals surface area contributed by atoms with E-state index in [-0.39, 0.29) is 23.5 Å². The molecule has 1 saturated heterocycles. The highest BCUT2D eigenvalue weighted by molar-refractivity contribution is 5.81. The molecule has 1 fully saturated rings. The first-order valence-corrected chi connectivity index (χ1v) is 8.27. The highest BCUT2D eigenvalue weighted by Crippen LogP contribution is 2.29. The number of ether oxygens (including phenoxy) is 1. The van der Waals surface area contributed by atoms with Crippen molar-refractivity contribution in [2.24, 2.45) is 0 Å². The number of carbonyl (C=O) groups excluding carboxylic acids is 1. The van der Waals surface area contributed by atoms with Gasteiger partial charge in [0.1, 0.15) is 5.75 Å². The van der Waals surface area contributed by atoms with Crippen molar-refractivity contribution in [1.82, 2.24) is 19.9 Å². The topological polar surface area (TPSA) is 71.7 Å². The molecule has 0 spiro atoms. The number of carbonyl (C=O) groups is 1. The van der Waals surface area contributed by atoms with Gasteiger partial charge in [0.15, 0.2) is 0 Å². The molecule has 2 heterocycles. The third kappa shape index (κ3) is 3.98. The predicted octanol–water partition coefficient (Wildman–Crippen LogP) is 2.39. The van der Waals surface area contributed by atoms with Crippen LogP contribution < -0.4 is 4.74 Å². The number of alkyl halides is 2. The summed E-state index contributed by atoms with van der Waals surface area (Å²) < 4.78 is 34.9. The predicted molar refractivity (Wildman–Crippen MR) is 88.5 cm³/mol. The molecule has 26 heavy (non-hydrogen) atoms. The first-order chi connectivity index (χ1) is 12.5. The van der Waals surface area contributed by atoms with E-state index in [9.17, 15) is 13.6 Å². The van der Waals surface area contributed by atoms with Crippen LogP contribution in [0.4, 0.5) is 8.78 Å². The summed E-state index contributed by atoms with van der Waals surface area (Å²) in [6.07, 6.45) is 1.69. The van der Waals surface area contributed by atoms with Crippen LogP contribution >= 0.6 is 0 Å².